The normalized spacial score (nSPS) is 15.4. The fourth-order valence-electron chi connectivity index (χ4n) is 3.62. The van der Waals surface area contributed by atoms with Gasteiger partial charge in [-0.05, 0) is 56.2 Å². The van der Waals surface area contributed by atoms with Crippen molar-refractivity contribution in [3.05, 3.63) is 52.4 Å². The van der Waals surface area contributed by atoms with E-state index in [4.69, 9.17) is 0 Å². The van der Waals surface area contributed by atoms with Crippen LogP contribution in [0.5, 0.6) is 0 Å². The molecule has 2 aromatic rings. The van der Waals surface area contributed by atoms with Gasteiger partial charge in [0.1, 0.15) is 0 Å². The molecule has 0 radical (unpaired) electrons. The molecule has 1 saturated heterocycles. The van der Waals surface area contributed by atoms with Crippen molar-refractivity contribution in [2.45, 2.75) is 39.2 Å². The van der Waals surface area contributed by atoms with Crippen LogP contribution in [-0.4, -0.2) is 38.7 Å². The molecule has 0 unspecified atom stereocenters. The lowest BCUT2D eigenvalue weighted by molar-refractivity contribution is 0.463. The van der Waals surface area contributed by atoms with Gasteiger partial charge in [-0.15, -0.1) is 35.3 Å². The highest BCUT2D eigenvalue weighted by Gasteiger charge is 2.20. The van der Waals surface area contributed by atoms with Crippen LogP contribution < -0.4 is 15.5 Å². The lowest BCUT2D eigenvalue weighted by Crippen LogP contribution is -2.49. The quantitative estimate of drug-likeness (QED) is 0.366. The lowest BCUT2D eigenvalue weighted by Gasteiger charge is -2.33. The molecular weight excluding hydrogens is 467 g/mol. The van der Waals surface area contributed by atoms with Gasteiger partial charge in [0, 0.05) is 32.7 Å². The average Bonchev–Trinajstić information content (AvgIpc) is 3.15. The van der Waals surface area contributed by atoms with E-state index >= 15 is 0 Å². The van der Waals surface area contributed by atoms with Gasteiger partial charge in [-0.25, -0.2) is 0 Å². The number of anilines is 1. The minimum atomic E-state index is 0. The van der Waals surface area contributed by atoms with E-state index in [1.54, 1.807) is 0 Å². The van der Waals surface area contributed by atoms with Crippen molar-refractivity contribution >= 4 is 46.3 Å². The van der Waals surface area contributed by atoms with E-state index < -0.39 is 0 Å². The van der Waals surface area contributed by atoms with Gasteiger partial charge in [0.05, 0.1) is 5.00 Å². The molecule has 0 saturated carbocycles. The standard InChI is InChI=1S/C21H30N4S.HI/c1-16-13-17(2)15-18(14-16)6-9-23-21(22-3)24-19-7-10-25(11-8-19)20-5-4-12-26-20;/h4-5,12-15,19H,6-11H2,1-3H3,(H2,22,23,24);1H. The third kappa shape index (κ3) is 6.68. The van der Waals surface area contributed by atoms with Crippen molar-refractivity contribution in [3.8, 4) is 0 Å². The topological polar surface area (TPSA) is 39.7 Å². The predicted molar refractivity (Wildman–Crippen MR) is 129 cm³/mol. The molecule has 1 fully saturated rings. The van der Waals surface area contributed by atoms with Crippen LogP contribution >= 0.6 is 35.3 Å². The Morgan fingerprint density at radius 3 is 2.48 bits per heavy atom. The van der Waals surface area contributed by atoms with Crippen molar-refractivity contribution in [1.29, 1.82) is 0 Å². The molecule has 6 heteroatoms. The Morgan fingerprint density at radius 1 is 1.19 bits per heavy atom. The molecule has 0 amide bonds. The highest BCUT2D eigenvalue weighted by Crippen LogP contribution is 2.24. The third-order valence-corrected chi connectivity index (χ3v) is 5.79. The molecule has 1 aromatic carbocycles. The largest absolute Gasteiger partial charge is 0.363 e. The van der Waals surface area contributed by atoms with Crippen LogP contribution in [0.3, 0.4) is 0 Å². The van der Waals surface area contributed by atoms with E-state index in [-0.39, 0.29) is 24.0 Å². The van der Waals surface area contributed by atoms with E-state index in [0.717, 1.165) is 44.9 Å². The minimum absolute atomic E-state index is 0. The molecule has 2 heterocycles. The second-order valence-corrected chi connectivity index (χ2v) is 8.03. The summed E-state index contributed by atoms with van der Waals surface area (Å²) >= 11 is 1.83. The van der Waals surface area contributed by atoms with Crippen molar-refractivity contribution in [3.63, 3.8) is 0 Å². The third-order valence-electron chi connectivity index (χ3n) is 4.86. The van der Waals surface area contributed by atoms with E-state index in [1.165, 1.54) is 21.7 Å². The summed E-state index contributed by atoms with van der Waals surface area (Å²) in [6.07, 6.45) is 3.31. The minimum Gasteiger partial charge on any atom is -0.363 e. The highest BCUT2D eigenvalue weighted by atomic mass is 127. The highest BCUT2D eigenvalue weighted by molar-refractivity contribution is 14.0. The zero-order valence-corrected chi connectivity index (χ0v) is 19.6. The number of rotatable bonds is 5. The Morgan fingerprint density at radius 2 is 1.89 bits per heavy atom. The Kier molecular flexibility index (Phi) is 8.89. The molecule has 1 aromatic heterocycles. The van der Waals surface area contributed by atoms with Crippen LogP contribution in [0.15, 0.2) is 40.7 Å². The maximum absolute atomic E-state index is 4.40. The van der Waals surface area contributed by atoms with Gasteiger partial charge in [0.2, 0.25) is 0 Å². The fourth-order valence-corrected chi connectivity index (χ4v) is 4.41. The molecule has 0 atom stereocenters. The summed E-state index contributed by atoms with van der Waals surface area (Å²) in [5.41, 5.74) is 4.05. The maximum atomic E-state index is 4.40. The van der Waals surface area contributed by atoms with Gasteiger partial charge in [-0.1, -0.05) is 29.3 Å². The zero-order chi connectivity index (χ0) is 18.4. The van der Waals surface area contributed by atoms with Crippen molar-refractivity contribution < 1.29 is 0 Å². The summed E-state index contributed by atoms with van der Waals surface area (Å²) in [6.45, 7) is 7.44. The molecule has 148 valence electrons. The van der Waals surface area contributed by atoms with Crippen molar-refractivity contribution in [2.24, 2.45) is 4.99 Å². The summed E-state index contributed by atoms with van der Waals surface area (Å²) in [5, 5.41) is 10.6. The monoisotopic (exact) mass is 498 g/mol. The first-order chi connectivity index (χ1) is 12.6. The molecule has 0 aliphatic carbocycles. The molecule has 2 N–H and O–H groups in total. The van der Waals surface area contributed by atoms with Gasteiger partial charge in [-0.2, -0.15) is 0 Å². The number of aliphatic imine (C=N–C) groups is 1. The summed E-state index contributed by atoms with van der Waals surface area (Å²) in [5.74, 6) is 0.920. The number of halogens is 1. The molecule has 1 aliphatic rings. The van der Waals surface area contributed by atoms with Crippen LogP contribution in [0.25, 0.3) is 0 Å². The Hall–Kier alpha value is -1.28. The average molecular weight is 498 g/mol. The van der Waals surface area contributed by atoms with Gasteiger partial charge in [0.15, 0.2) is 5.96 Å². The first-order valence-electron chi connectivity index (χ1n) is 9.47. The second-order valence-electron chi connectivity index (χ2n) is 7.10. The maximum Gasteiger partial charge on any atom is 0.191 e. The number of aryl methyl sites for hydroxylation is 2. The fraction of sp³-hybridized carbons (Fsp3) is 0.476. The zero-order valence-electron chi connectivity index (χ0n) is 16.5. The van der Waals surface area contributed by atoms with Gasteiger partial charge >= 0.3 is 0 Å². The van der Waals surface area contributed by atoms with Crippen molar-refractivity contribution in [1.82, 2.24) is 10.6 Å². The number of nitrogens with zero attached hydrogens (tertiary/aromatic N) is 2. The number of piperidine rings is 1. The van der Waals surface area contributed by atoms with Gasteiger partial charge in [-0.3, -0.25) is 4.99 Å². The number of thiophene rings is 1. The van der Waals surface area contributed by atoms with E-state index in [1.807, 2.05) is 18.4 Å². The number of hydrogen-bond donors (Lipinski definition) is 2. The lowest BCUT2D eigenvalue weighted by atomic mass is 10.0. The van der Waals surface area contributed by atoms with E-state index in [9.17, 15) is 0 Å². The summed E-state index contributed by atoms with van der Waals surface area (Å²) in [7, 11) is 1.85. The summed E-state index contributed by atoms with van der Waals surface area (Å²) < 4.78 is 0. The Labute approximate surface area is 184 Å². The van der Waals surface area contributed by atoms with Crippen LogP contribution in [0.1, 0.15) is 29.5 Å². The van der Waals surface area contributed by atoms with E-state index in [2.05, 4.69) is 70.1 Å². The second kappa shape index (κ2) is 10.9. The van der Waals surface area contributed by atoms with E-state index in [0.29, 0.717) is 6.04 Å². The van der Waals surface area contributed by atoms with Gasteiger partial charge in [0.25, 0.3) is 0 Å². The molecule has 0 bridgehead atoms. The number of benzene rings is 1. The molecule has 4 nitrogen and oxygen atoms in total. The number of guanidine groups is 1. The van der Waals surface area contributed by atoms with Crippen LogP contribution in [0.2, 0.25) is 0 Å². The van der Waals surface area contributed by atoms with Crippen LogP contribution in [0, 0.1) is 13.8 Å². The molecule has 1 aliphatic heterocycles. The number of nitrogens with one attached hydrogen (secondary N) is 2. The SMILES string of the molecule is CN=C(NCCc1cc(C)cc(C)c1)NC1CCN(c2cccs2)CC1.I. The Bertz CT molecular complexity index is 702. The van der Waals surface area contributed by atoms with Gasteiger partial charge < -0.3 is 15.5 Å². The van der Waals surface area contributed by atoms with Crippen LogP contribution in [-0.2, 0) is 6.42 Å². The smallest absolute Gasteiger partial charge is 0.191 e. The van der Waals surface area contributed by atoms with Crippen molar-refractivity contribution in [2.75, 3.05) is 31.6 Å². The predicted octanol–water partition coefficient (Wildman–Crippen LogP) is 4.36. The Balaban J connectivity index is 0.00000261. The summed E-state index contributed by atoms with van der Waals surface area (Å²) in [6, 6.07) is 11.6. The molecule has 3 rings (SSSR count). The number of hydrogen-bond acceptors (Lipinski definition) is 3. The molecule has 27 heavy (non-hydrogen) atoms. The summed E-state index contributed by atoms with van der Waals surface area (Å²) in [4.78, 5) is 6.89. The molecule has 0 spiro atoms. The molecular formula is C21H31IN4S. The first kappa shape index (κ1) is 22.0. The first-order valence-corrected chi connectivity index (χ1v) is 10.3. The van der Waals surface area contributed by atoms with Crippen LogP contribution in [0.4, 0.5) is 5.00 Å².